The number of anilines is 2. The SMILES string of the molecule is O=C(O)CC(Oc1cccc(NC(=O)c2ccc(NC3=CCCCN3)cc2)c1)c1ccccc1. The molecule has 1 aliphatic heterocycles. The second-order valence-electron chi connectivity index (χ2n) is 7.99. The third-order valence-corrected chi connectivity index (χ3v) is 5.37. The molecular weight excluding hydrogens is 430 g/mol. The number of rotatable bonds is 9. The van der Waals surface area contributed by atoms with Crippen LogP contribution in [0, 0.1) is 0 Å². The van der Waals surface area contributed by atoms with Crippen LogP contribution in [0.25, 0.3) is 0 Å². The number of aliphatic carboxylic acids is 1. The van der Waals surface area contributed by atoms with Gasteiger partial charge in [0.15, 0.2) is 0 Å². The van der Waals surface area contributed by atoms with E-state index in [0.717, 1.165) is 36.5 Å². The van der Waals surface area contributed by atoms with Crippen LogP contribution in [0.5, 0.6) is 5.75 Å². The molecular formula is C27H27N3O4. The van der Waals surface area contributed by atoms with Gasteiger partial charge in [-0.25, -0.2) is 0 Å². The zero-order valence-corrected chi connectivity index (χ0v) is 18.7. The number of carbonyl (C=O) groups excluding carboxylic acids is 1. The first-order valence-electron chi connectivity index (χ1n) is 11.2. The lowest BCUT2D eigenvalue weighted by atomic mass is 10.1. The molecule has 7 nitrogen and oxygen atoms in total. The zero-order chi connectivity index (χ0) is 23.8. The summed E-state index contributed by atoms with van der Waals surface area (Å²) >= 11 is 0. The molecule has 0 saturated carbocycles. The molecule has 0 spiro atoms. The zero-order valence-electron chi connectivity index (χ0n) is 18.7. The van der Waals surface area contributed by atoms with E-state index in [0.29, 0.717) is 17.0 Å². The number of carboxylic acids is 1. The molecule has 7 heteroatoms. The number of nitrogens with one attached hydrogen (secondary N) is 3. The second-order valence-corrected chi connectivity index (χ2v) is 7.99. The van der Waals surface area contributed by atoms with E-state index >= 15 is 0 Å². The van der Waals surface area contributed by atoms with E-state index in [1.54, 1.807) is 36.4 Å². The van der Waals surface area contributed by atoms with Crippen LogP contribution in [0.4, 0.5) is 11.4 Å². The largest absolute Gasteiger partial charge is 0.485 e. The summed E-state index contributed by atoms with van der Waals surface area (Å²) in [5, 5.41) is 18.8. The van der Waals surface area contributed by atoms with Crippen molar-refractivity contribution in [3.8, 4) is 5.75 Å². The Morgan fingerprint density at radius 3 is 2.47 bits per heavy atom. The fourth-order valence-electron chi connectivity index (χ4n) is 3.67. The molecule has 0 aromatic heterocycles. The highest BCUT2D eigenvalue weighted by atomic mass is 16.5. The van der Waals surface area contributed by atoms with Crippen LogP contribution in [0.1, 0.15) is 41.3 Å². The van der Waals surface area contributed by atoms with Gasteiger partial charge in [-0.3, -0.25) is 9.59 Å². The van der Waals surface area contributed by atoms with Gasteiger partial charge in [0.05, 0.1) is 12.2 Å². The predicted octanol–water partition coefficient (Wildman–Crippen LogP) is 5.17. The van der Waals surface area contributed by atoms with Crippen molar-refractivity contribution < 1.29 is 19.4 Å². The number of amides is 1. The van der Waals surface area contributed by atoms with Crippen molar-refractivity contribution in [1.29, 1.82) is 0 Å². The minimum Gasteiger partial charge on any atom is -0.485 e. The summed E-state index contributed by atoms with van der Waals surface area (Å²) in [7, 11) is 0. The minimum absolute atomic E-state index is 0.173. The number of ether oxygens (including phenoxy) is 1. The molecule has 0 radical (unpaired) electrons. The van der Waals surface area contributed by atoms with E-state index < -0.39 is 12.1 Å². The number of allylic oxidation sites excluding steroid dienone is 1. The van der Waals surface area contributed by atoms with Crippen molar-refractivity contribution in [2.45, 2.75) is 25.4 Å². The van der Waals surface area contributed by atoms with Gasteiger partial charge in [0.25, 0.3) is 5.91 Å². The Morgan fingerprint density at radius 1 is 0.971 bits per heavy atom. The Bertz CT molecular complexity index is 1160. The van der Waals surface area contributed by atoms with Crippen molar-refractivity contribution in [3.05, 3.63) is 102 Å². The summed E-state index contributed by atoms with van der Waals surface area (Å²) in [4.78, 5) is 24.1. The summed E-state index contributed by atoms with van der Waals surface area (Å²) in [6, 6.07) is 23.4. The molecule has 3 aromatic carbocycles. The molecule has 0 fully saturated rings. The predicted molar refractivity (Wildman–Crippen MR) is 132 cm³/mol. The highest BCUT2D eigenvalue weighted by Gasteiger charge is 2.18. The molecule has 174 valence electrons. The number of hydrogen-bond donors (Lipinski definition) is 4. The number of carbonyl (C=O) groups is 2. The maximum Gasteiger partial charge on any atom is 0.307 e. The van der Waals surface area contributed by atoms with Crippen LogP contribution in [-0.4, -0.2) is 23.5 Å². The van der Waals surface area contributed by atoms with Crippen molar-refractivity contribution in [2.75, 3.05) is 17.2 Å². The van der Waals surface area contributed by atoms with Crippen molar-refractivity contribution in [2.24, 2.45) is 0 Å². The quantitative estimate of drug-likeness (QED) is 0.354. The number of hydrogen-bond acceptors (Lipinski definition) is 5. The van der Waals surface area contributed by atoms with Gasteiger partial charge in [0.1, 0.15) is 11.9 Å². The number of carboxylic acid groups (broad SMARTS) is 1. The van der Waals surface area contributed by atoms with Crippen LogP contribution in [0.15, 0.2) is 90.8 Å². The molecule has 1 atom stereocenters. The van der Waals surface area contributed by atoms with E-state index in [-0.39, 0.29) is 12.3 Å². The van der Waals surface area contributed by atoms with Gasteiger partial charge in [-0.05, 0) is 60.9 Å². The molecule has 0 aliphatic carbocycles. The lowest BCUT2D eigenvalue weighted by molar-refractivity contribution is -0.138. The third-order valence-electron chi connectivity index (χ3n) is 5.37. The Morgan fingerprint density at radius 2 is 1.76 bits per heavy atom. The summed E-state index contributed by atoms with van der Waals surface area (Å²) in [5.74, 6) is 0.258. The van der Waals surface area contributed by atoms with E-state index in [9.17, 15) is 14.7 Å². The lowest BCUT2D eigenvalue weighted by Crippen LogP contribution is -2.23. The molecule has 4 rings (SSSR count). The fourth-order valence-corrected chi connectivity index (χ4v) is 3.67. The van der Waals surface area contributed by atoms with Gasteiger partial charge in [0, 0.05) is 29.5 Å². The lowest BCUT2D eigenvalue weighted by Gasteiger charge is -2.18. The molecule has 1 amide bonds. The van der Waals surface area contributed by atoms with Crippen molar-refractivity contribution in [3.63, 3.8) is 0 Å². The second kappa shape index (κ2) is 11.0. The topological polar surface area (TPSA) is 99.7 Å². The van der Waals surface area contributed by atoms with E-state index in [1.807, 2.05) is 42.5 Å². The van der Waals surface area contributed by atoms with Crippen LogP contribution in [-0.2, 0) is 4.79 Å². The van der Waals surface area contributed by atoms with Crippen LogP contribution < -0.4 is 20.7 Å². The molecule has 1 aliphatic rings. The van der Waals surface area contributed by atoms with Gasteiger partial charge < -0.3 is 25.8 Å². The normalized spacial score (nSPS) is 13.7. The first-order valence-corrected chi connectivity index (χ1v) is 11.2. The van der Waals surface area contributed by atoms with Crippen LogP contribution in [0.3, 0.4) is 0 Å². The van der Waals surface area contributed by atoms with E-state index in [4.69, 9.17) is 4.74 Å². The molecule has 1 unspecified atom stereocenters. The highest BCUT2D eigenvalue weighted by Crippen LogP contribution is 2.27. The fraction of sp³-hybridized carbons (Fsp3) is 0.185. The molecule has 0 saturated heterocycles. The van der Waals surface area contributed by atoms with E-state index in [2.05, 4.69) is 22.0 Å². The maximum atomic E-state index is 12.7. The number of benzene rings is 3. The Kier molecular flexibility index (Phi) is 7.45. The first kappa shape index (κ1) is 22.9. The molecule has 1 heterocycles. The molecule has 3 aromatic rings. The minimum atomic E-state index is -0.952. The summed E-state index contributed by atoms with van der Waals surface area (Å²) < 4.78 is 5.98. The van der Waals surface area contributed by atoms with Gasteiger partial charge >= 0.3 is 5.97 Å². The monoisotopic (exact) mass is 457 g/mol. The molecule has 0 bridgehead atoms. The molecule has 4 N–H and O–H groups in total. The van der Waals surface area contributed by atoms with E-state index in [1.165, 1.54) is 0 Å². The Labute approximate surface area is 198 Å². The smallest absolute Gasteiger partial charge is 0.307 e. The van der Waals surface area contributed by atoms with Crippen molar-refractivity contribution in [1.82, 2.24) is 5.32 Å². The van der Waals surface area contributed by atoms with Crippen LogP contribution in [0.2, 0.25) is 0 Å². The van der Waals surface area contributed by atoms with Gasteiger partial charge in [-0.1, -0.05) is 36.4 Å². The van der Waals surface area contributed by atoms with Crippen molar-refractivity contribution >= 4 is 23.3 Å². The third kappa shape index (κ3) is 6.38. The average Bonchev–Trinajstić information content (AvgIpc) is 2.85. The standard InChI is InChI=1S/C27H27N3O4/c31-26(32)18-24(19-7-2-1-3-8-19)34-23-10-6-9-22(17-23)30-27(33)20-12-14-21(15-13-20)29-25-11-4-5-16-28-25/h1-3,6-15,17,24,28-29H,4-5,16,18H2,(H,30,33)(H,31,32). The summed E-state index contributed by atoms with van der Waals surface area (Å²) in [6.07, 6.45) is 3.48. The summed E-state index contributed by atoms with van der Waals surface area (Å²) in [6.45, 7) is 0.949. The summed E-state index contributed by atoms with van der Waals surface area (Å²) in [5.41, 5.74) is 2.75. The Hall–Kier alpha value is -4.26. The van der Waals surface area contributed by atoms with Gasteiger partial charge in [0.2, 0.25) is 0 Å². The first-order chi connectivity index (χ1) is 16.6. The van der Waals surface area contributed by atoms with Gasteiger partial charge in [-0.2, -0.15) is 0 Å². The average molecular weight is 458 g/mol. The highest BCUT2D eigenvalue weighted by molar-refractivity contribution is 6.04. The van der Waals surface area contributed by atoms with Gasteiger partial charge in [-0.15, -0.1) is 0 Å². The Balaban J connectivity index is 1.40. The molecule has 34 heavy (non-hydrogen) atoms. The maximum absolute atomic E-state index is 12.7. The van der Waals surface area contributed by atoms with Crippen LogP contribution >= 0.6 is 0 Å².